The number of sulfonamides is 1. The van der Waals surface area contributed by atoms with Crippen molar-refractivity contribution in [1.82, 2.24) is 4.98 Å². The van der Waals surface area contributed by atoms with Crippen molar-refractivity contribution in [2.24, 2.45) is 0 Å². The molecule has 34 heavy (non-hydrogen) atoms. The Hall–Kier alpha value is -3.56. The number of benzene rings is 3. The van der Waals surface area contributed by atoms with Crippen LogP contribution in [0.2, 0.25) is 5.02 Å². The van der Waals surface area contributed by atoms with Gasteiger partial charge in [0.25, 0.3) is 10.0 Å². The van der Waals surface area contributed by atoms with Crippen LogP contribution in [0, 0.1) is 12.7 Å². The van der Waals surface area contributed by atoms with Gasteiger partial charge in [0, 0.05) is 22.7 Å². The molecule has 0 spiro atoms. The number of hydrogen-bond donors (Lipinski definition) is 1. The number of pyridine rings is 1. The minimum atomic E-state index is -4.16. The number of fused-ring (bicyclic) bond motifs is 1. The second-order valence-electron chi connectivity index (χ2n) is 7.29. The van der Waals surface area contributed by atoms with Crippen LogP contribution in [0.3, 0.4) is 0 Å². The Morgan fingerprint density at radius 2 is 1.68 bits per heavy atom. The molecule has 0 aliphatic rings. The molecule has 0 fully saturated rings. The maximum Gasteiger partial charge on any atom is 0.264 e. The Labute approximate surface area is 201 Å². The van der Waals surface area contributed by atoms with E-state index >= 15 is 0 Å². The molecular formula is C24H20ClFN2O5S. The van der Waals surface area contributed by atoms with E-state index in [1.165, 1.54) is 6.07 Å². The summed E-state index contributed by atoms with van der Waals surface area (Å²) in [6.45, 7) is 1.71. The smallest absolute Gasteiger partial charge is 0.264 e. The summed E-state index contributed by atoms with van der Waals surface area (Å²) in [6.07, 6.45) is 1.61. The number of aryl methyl sites for hydroxylation is 1. The van der Waals surface area contributed by atoms with Gasteiger partial charge in [-0.25, -0.2) is 12.8 Å². The van der Waals surface area contributed by atoms with Crippen molar-refractivity contribution in [3.8, 4) is 23.0 Å². The molecule has 10 heteroatoms. The van der Waals surface area contributed by atoms with E-state index < -0.39 is 20.7 Å². The van der Waals surface area contributed by atoms with Crippen molar-refractivity contribution in [3.63, 3.8) is 0 Å². The summed E-state index contributed by atoms with van der Waals surface area (Å²) in [5, 5.41) is 0.814. The fourth-order valence-corrected chi connectivity index (χ4v) is 4.72. The number of aromatic nitrogens is 1. The molecule has 0 aliphatic heterocycles. The lowest BCUT2D eigenvalue weighted by molar-refractivity contribution is 0.355. The van der Waals surface area contributed by atoms with Crippen LogP contribution in [0.4, 0.5) is 10.1 Å². The van der Waals surface area contributed by atoms with Crippen molar-refractivity contribution in [3.05, 3.63) is 77.2 Å². The van der Waals surface area contributed by atoms with Gasteiger partial charge in [-0.05, 0) is 61.0 Å². The lowest BCUT2D eigenvalue weighted by Gasteiger charge is -2.14. The van der Waals surface area contributed by atoms with E-state index in [9.17, 15) is 12.8 Å². The average Bonchev–Trinajstić information content (AvgIpc) is 2.79. The molecule has 176 valence electrons. The maximum atomic E-state index is 14.1. The van der Waals surface area contributed by atoms with E-state index in [2.05, 4.69) is 9.71 Å². The number of methoxy groups -OCH3 is 2. The molecule has 0 bridgehead atoms. The lowest BCUT2D eigenvalue weighted by Crippen LogP contribution is -2.15. The molecule has 0 radical (unpaired) electrons. The highest BCUT2D eigenvalue weighted by Crippen LogP contribution is 2.37. The van der Waals surface area contributed by atoms with Crippen LogP contribution in [0.1, 0.15) is 5.56 Å². The number of anilines is 1. The predicted octanol–water partition coefficient (Wildman–Crippen LogP) is 5.95. The first-order chi connectivity index (χ1) is 16.2. The second kappa shape index (κ2) is 9.36. The quantitative estimate of drug-likeness (QED) is 0.336. The highest BCUT2D eigenvalue weighted by Gasteiger charge is 2.20. The molecule has 0 atom stereocenters. The molecule has 0 saturated carbocycles. The van der Waals surface area contributed by atoms with Crippen LogP contribution >= 0.6 is 11.6 Å². The number of nitrogens with one attached hydrogen (secondary N) is 1. The van der Waals surface area contributed by atoms with Crippen LogP contribution < -0.4 is 18.9 Å². The second-order valence-corrected chi connectivity index (χ2v) is 9.38. The molecule has 0 amide bonds. The van der Waals surface area contributed by atoms with Crippen molar-refractivity contribution in [2.75, 3.05) is 18.9 Å². The Balaban J connectivity index is 1.62. The van der Waals surface area contributed by atoms with Gasteiger partial charge in [-0.3, -0.25) is 9.71 Å². The summed E-state index contributed by atoms with van der Waals surface area (Å²) >= 11 is 5.72. The molecule has 1 N–H and O–H groups in total. The van der Waals surface area contributed by atoms with Crippen LogP contribution in [0.25, 0.3) is 10.9 Å². The zero-order valence-corrected chi connectivity index (χ0v) is 20.0. The zero-order valence-electron chi connectivity index (χ0n) is 18.4. The molecule has 1 aromatic heterocycles. The molecule has 1 heterocycles. The van der Waals surface area contributed by atoms with Gasteiger partial charge in [-0.1, -0.05) is 11.6 Å². The van der Waals surface area contributed by atoms with E-state index in [1.54, 1.807) is 63.7 Å². The van der Waals surface area contributed by atoms with Gasteiger partial charge in [0.2, 0.25) is 0 Å². The van der Waals surface area contributed by atoms with E-state index in [0.717, 1.165) is 12.1 Å². The molecule has 0 saturated heterocycles. The Morgan fingerprint density at radius 3 is 2.35 bits per heavy atom. The summed E-state index contributed by atoms with van der Waals surface area (Å²) in [4.78, 5) is 3.85. The molecule has 0 unspecified atom stereocenters. The number of ether oxygens (including phenoxy) is 3. The first-order valence-electron chi connectivity index (χ1n) is 9.99. The van der Waals surface area contributed by atoms with Gasteiger partial charge >= 0.3 is 0 Å². The maximum absolute atomic E-state index is 14.1. The van der Waals surface area contributed by atoms with E-state index in [1.807, 2.05) is 0 Å². The average molecular weight is 503 g/mol. The number of nitrogens with zero attached hydrogens (tertiary/aromatic N) is 1. The van der Waals surface area contributed by atoms with Gasteiger partial charge in [-0.2, -0.15) is 0 Å². The summed E-state index contributed by atoms with van der Waals surface area (Å²) in [5.74, 6) is 1.14. The normalized spacial score (nSPS) is 11.3. The van der Waals surface area contributed by atoms with Crippen molar-refractivity contribution in [1.29, 1.82) is 0 Å². The van der Waals surface area contributed by atoms with Gasteiger partial charge in [0.05, 0.1) is 25.4 Å². The minimum Gasteiger partial charge on any atom is -0.493 e. The third-order valence-electron chi connectivity index (χ3n) is 5.06. The first-order valence-corrected chi connectivity index (χ1v) is 11.8. The highest BCUT2D eigenvalue weighted by molar-refractivity contribution is 7.92. The molecule has 3 aromatic carbocycles. The van der Waals surface area contributed by atoms with Gasteiger partial charge in [0.15, 0.2) is 11.5 Å². The van der Waals surface area contributed by atoms with Crippen LogP contribution in [-0.2, 0) is 10.0 Å². The van der Waals surface area contributed by atoms with E-state index in [0.29, 0.717) is 39.5 Å². The SMILES string of the molecule is COc1cc2nccc(Oc3ccc(NS(=O)(=O)c4ccc(Cl)cc4F)c(C)c3)c2cc1OC. The summed E-state index contributed by atoms with van der Waals surface area (Å²) in [7, 11) is -1.07. The number of rotatable bonds is 7. The van der Waals surface area contributed by atoms with Crippen LogP contribution in [0.15, 0.2) is 65.7 Å². The summed E-state index contributed by atoms with van der Waals surface area (Å²) in [5.41, 5.74) is 1.52. The number of halogens is 2. The first kappa shape index (κ1) is 23.6. The lowest BCUT2D eigenvalue weighted by atomic mass is 10.1. The van der Waals surface area contributed by atoms with Crippen LogP contribution in [-0.4, -0.2) is 27.6 Å². The Bertz CT molecular complexity index is 1490. The Kier molecular flexibility index (Phi) is 6.49. The van der Waals surface area contributed by atoms with Crippen molar-refractivity contribution >= 4 is 38.2 Å². The summed E-state index contributed by atoms with van der Waals surface area (Å²) < 4.78 is 58.6. The van der Waals surface area contributed by atoms with Gasteiger partial charge in [-0.15, -0.1) is 0 Å². The van der Waals surface area contributed by atoms with E-state index in [-0.39, 0.29) is 10.7 Å². The fraction of sp³-hybridized carbons (Fsp3) is 0.125. The van der Waals surface area contributed by atoms with Gasteiger partial charge < -0.3 is 14.2 Å². The molecule has 0 aliphatic carbocycles. The fourth-order valence-electron chi connectivity index (χ4n) is 3.37. The monoisotopic (exact) mass is 502 g/mol. The van der Waals surface area contributed by atoms with Gasteiger partial charge in [0.1, 0.15) is 22.2 Å². The third-order valence-corrected chi connectivity index (χ3v) is 6.69. The van der Waals surface area contributed by atoms with Crippen molar-refractivity contribution in [2.45, 2.75) is 11.8 Å². The third kappa shape index (κ3) is 4.71. The standard InChI is InChI=1S/C24H20ClFN2O5S/c1-14-10-16(5-6-19(14)28-34(29,30)24-7-4-15(25)11-18(24)26)33-21-8-9-27-20-13-23(32-3)22(31-2)12-17(20)21/h4-13,28H,1-3H3. The molecule has 7 nitrogen and oxygen atoms in total. The highest BCUT2D eigenvalue weighted by atomic mass is 35.5. The molecular weight excluding hydrogens is 483 g/mol. The Morgan fingerprint density at radius 1 is 0.941 bits per heavy atom. The summed E-state index contributed by atoms with van der Waals surface area (Å²) in [6, 6.07) is 13.4. The van der Waals surface area contributed by atoms with Crippen LogP contribution in [0.5, 0.6) is 23.0 Å². The van der Waals surface area contributed by atoms with Crippen molar-refractivity contribution < 1.29 is 27.0 Å². The topological polar surface area (TPSA) is 86.8 Å². The molecule has 4 aromatic rings. The minimum absolute atomic E-state index is 0.105. The van der Waals surface area contributed by atoms with E-state index in [4.69, 9.17) is 25.8 Å². The largest absolute Gasteiger partial charge is 0.493 e. The zero-order chi connectivity index (χ0) is 24.5. The number of hydrogen-bond acceptors (Lipinski definition) is 6. The molecule has 4 rings (SSSR count). The predicted molar refractivity (Wildman–Crippen MR) is 128 cm³/mol.